The summed E-state index contributed by atoms with van der Waals surface area (Å²) < 4.78 is 0.889. The first kappa shape index (κ1) is 8.75. The Labute approximate surface area is 75.2 Å². The Bertz CT molecular complexity index is 250. The van der Waals surface area contributed by atoms with Crippen LogP contribution in [-0.2, 0) is 10.7 Å². The lowest BCUT2D eigenvalue weighted by molar-refractivity contribution is -0.000721. The van der Waals surface area contributed by atoms with Gasteiger partial charge in [0.15, 0.2) is 0 Å². The van der Waals surface area contributed by atoms with Crippen LogP contribution in [0.5, 0.6) is 0 Å². The van der Waals surface area contributed by atoms with Crippen LogP contribution in [0.15, 0.2) is 28.7 Å². The van der Waals surface area contributed by atoms with Crippen molar-refractivity contribution in [3.63, 3.8) is 0 Å². The molecule has 0 aliphatic carbocycles. The molecule has 1 rings (SSSR count). The van der Waals surface area contributed by atoms with Crippen molar-refractivity contribution in [2.75, 3.05) is 0 Å². The SMILES string of the molecule is CC(C)([O])c1ccccc1Br. The van der Waals surface area contributed by atoms with Crippen LogP contribution in [0.2, 0.25) is 0 Å². The van der Waals surface area contributed by atoms with Crippen LogP contribution < -0.4 is 0 Å². The molecule has 0 aliphatic rings. The van der Waals surface area contributed by atoms with Gasteiger partial charge in [0, 0.05) is 10.0 Å². The highest BCUT2D eigenvalue weighted by molar-refractivity contribution is 9.10. The second-order valence-electron chi connectivity index (χ2n) is 2.99. The summed E-state index contributed by atoms with van der Waals surface area (Å²) >= 11 is 3.33. The predicted octanol–water partition coefficient (Wildman–Crippen LogP) is 3.11. The van der Waals surface area contributed by atoms with E-state index in [-0.39, 0.29) is 0 Å². The highest BCUT2D eigenvalue weighted by atomic mass is 79.9. The highest BCUT2D eigenvalue weighted by Gasteiger charge is 2.20. The van der Waals surface area contributed by atoms with E-state index in [9.17, 15) is 5.11 Å². The van der Waals surface area contributed by atoms with Crippen molar-refractivity contribution in [3.8, 4) is 0 Å². The largest absolute Gasteiger partial charge is 0.225 e. The van der Waals surface area contributed by atoms with Crippen molar-refractivity contribution in [2.45, 2.75) is 19.4 Å². The minimum Gasteiger partial charge on any atom is -0.225 e. The van der Waals surface area contributed by atoms with Crippen molar-refractivity contribution in [1.29, 1.82) is 0 Å². The molecule has 1 aromatic rings. The van der Waals surface area contributed by atoms with Gasteiger partial charge in [-0.3, -0.25) is 0 Å². The number of hydrogen-bond donors (Lipinski definition) is 0. The quantitative estimate of drug-likeness (QED) is 0.684. The second kappa shape index (κ2) is 2.95. The van der Waals surface area contributed by atoms with Crippen LogP contribution in [-0.4, -0.2) is 0 Å². The van der Waals surface area contributed by atoms with Crippen LogP contribution in [0.25, 0.3) is 0 Å². The molecule has 0 saturated carbocycles. The second-order valence-corrected chi connectivity index (χ2v) is 3.84. The van der Waals surface area contributed by atoms with Crippen molar-refractivity contribution >= 4 is 15.9 Å². The highest BCUT2D eigenvalue weighted by Crippen LogP contribution is 2.27. The van der Waals surface area contributed by atoms with Gasteiger partial charge in [0.1, 0.15) is 5.60 Å². The summed E-state index contributed by atoms with van der Waals surface area (Å²) in [5.74, 6) is 0. The summed E-state index contributed by atoms with van der Waals surface area (Å²) in [7, 11) is 0. The summed E-state index contributed by atoms with van der Waals surface area (Å²) in [6.45, 7) is 3.32. The van der Waals surface area contributed by atoms with E-state index in [0.717, 1.165) is 10.0 Å². The van der Waals surface area contributed by atoms with Gasteiger partial charge in [-0.15, -0.1) is 0 Å². The average molecular weight is 214 g/mol. The third kappa shape index (κ3) is 2.04. The average Bonchev–Trinajstić information content (AvgIpc) is 1.86. The van der Waals surface area contributed by atoms with E-state index in [4.69, 9.17) is 0 Å². The Morgan fingerprint density at radius 1 is 1.27 bits per heavy atom. The zero-order valence-corrected chi connectivity index (χ0v) is 8.18. The van der Waals surface area contributed by atoms with Crippen LogP contribution >= 0.6 is 15.9 Å². The number of hydrogen-bond acceptors (Lipinski definition) is 0. The first-order chi connectivity index (χ1) is 5.02. The van der Waals surface area contributed by atoms with Gasteiger partial charge in [-0.05, 0) is 19.9 Å². The van der Waals surface area contributed by atoms with E-state index in [1.165, 1.54) is 0 Å². The Hall–Kier alpha value is -0.340. The zero-order valence-electron chi connectivity index (χ0n) is 6.60. The maximum absolute atomic E-state index is 11.5. The first-order valence-electron chi connectivity index (χ1n) is 3.47. The van der Waals surface area contributed by atoms with Gasteiger partial charge in [0.2, 0.25) is 0 Å². The van der Waals surface area contributed by atoms with Gasteiger partial charge in [-0.25, -0.2) is 5.11 Å². The maximum Gasteiger partial charge on any atom is 0.124 e. The molecule has 0 heterocycles. The molecule has 0 spiro atoms. The molecule has 1 aromatic carbocycles. The molecule has 0 bridgehead atoms. The number of benzene rings is 1. The fourth-order valence-electron chi connectivity index (χ4n) is 0.949. The van der Waals surface area contributed by atoms with Crippen LogP contribution in [0.1, 0.15) is 19.4 Å². The van der Waals surface area contributed by atoms with Crippen molar-refractivity contribution in [1.82, 2.24) is 0 Å². The molecule has 0 fully saturated rings. The van der Waals surface area contributed by atoms with Crippen molar-refractivity contribution in [3.05, 3.63) is 34.3 Å². The summed E-state index contributed by atoms with van der Waals surface area (Å²) in [6, 6.07) is 7.51. The molecule has 0 aliphatic heterocycles. The monoisotopic (exact) mass is 213 g/mol. The molecule has 59 valence electrons. The Balaban J connectivity index is 3.14. The third-order valence-electron chi connectivity index (χ3n) is 1.52. The van der Waals surface area contributed by atoms with Crippen molar-refractivity contribution < 1.29 is 5.11 Å². The van der Waals surface area contributed by atoms with E-state index >= 15 is 0 Å². The molecule has 1 radical (unpaired) electrons. The molecule has 0 saturated heterocycles. The fourth-order valence-corrected chi connectivity index (χ4v) is 1.71. The van der Waals surface area contributed by atoms with Gasteiger partial charge in [0.25, 0.3) is 0 Å². The van der Waals surface area contributed by atoms with Gasteiger partial charge in [0.05, 0.1) is 0 Å². The normalized spacial score (nSPS) is 11.6. The Morgan fingerprint density at radius 2 is 1.82 bits per heavy atom. The van der Waals surface area contributed by atoms with Crippen molar-refractivity contribution in [2.24, 2.45) is 0 Å². The molecular weight excluding hydrogens is 204 g/mol. The first-order valence-corrected chi connectivity index (χ1v) is 4.26. The summed E-state index contributed by atoms with van der Waals surface area (Å²) in [6.07, 6.45) is 0. The lowest BCUT2D eigenvalue weighted by Gasteiger charge is -2.15. The molecule has 0 atom stereocenters. The third-order valence-corrected chi connectivity index (χ3v) is 2.21. The molecule has 11 heavy (non-hydrogen) atoms. The van der Waals surface area contributed by atoms with Gasteiger partial charge in [-0.1, -0.05) is 34.1 Å². The Kier molecular flexibility index (Phi) is 2.35. The van der Waals surface area contributed by atoms with E-state index < -0.39 is 5.60 Å². The minimum absolute atomic E-state index is 0.806. The number of rotatable bonds is 1. The van der Waals surface area contributed by atoms with E-state index in [1.54, 1.807) is 13.8 Å². The molecule has 0 N–H and O–H groups in total. The topological polar surface area (TPSA) is 19.9 Å². The van der Waals surface area contributed by atoms with E-state index in [2.05, 4.69) is 15.9 Å². The molecule has 0 aromatic heterocycles. The molecule has 1 nitrogen and oxygen atoms in total. The van der Waals surface area contributed by atoms with Gasteiger partial charge in [-0.2, -0.15) is 0 Å². The van der Waals surface area contributed by atoms with Gasteiger partial charge >= 0.3 is 0 Å². The molecule has 2 heteroatoms. The molecular formula is C9H10BrO. The minimum atomic E-state index is -1.01. The lowest BCUT2D eigenvalue weighted by atomic mass is 9.99. The summed E-state index contributed by atoms with van der Waals surface area (Å²) in [5.41, 5.74) is -0.208. The maximum atomic E-state index is 11.5. The smallest absolute Gasteiger partial charge is 0.124 e. The molecule has 0 unspecified atom stereocenters. The lowest BCUT2D eigenvalue weighted by Crippen LogP contribution is -2.13. The van der Waals surface area contributed by atoms with Gasteiger partial charge < -0.3 is 0 Å². The standard InChI is InChI=1S/C9H10BrO/c1-9(2,11)7-5-3-4-6-8(7)10/h3-6H,1-2H3. The van der Waals surface area contributed by atoms with Crippen LogP contribution in [0, 0.1) is 0 Å². The van der Waals surface area contributed by atoms with Crippen LogP contribution in [0.4, 0.5) is 0 Å². The fraction of sp³-hybridized carbons (Fsp3) is 0.333. The van der Waals surface area contributed by atoms with E-state index in [0.29, 0.717) is 0 Å². The summed E-state index contributed by atoms with van der Waals surface area (Å²) in [4.78, 5) is 0. The molecule has 0 amide bonds. The zero-order chi connectivity index (χ0) is 8.48. The summed E-state index contributed by atoms with van der Waals surface area (Å²) in [5, 5.41) is 11.5. The predicted molar refractivity (Wildman–Crippen MR) is 47.9 cm³/mol. The Morgan fingerprint density at radius 3 is 2.18 bits per heavy atom. The van der Waals surface area contributed by atoms with Crippen LogP contribution in [0.3, 0.4) is 0 Å². The van der Waals surface area contributed by atoms with E-state index in [1.807, 2.05) is 24.3 Å². The number of halogens is 1.